The molecule has 3 rings (SSSR count). The number of thiophene rings is 2. The Morgan fingerprint density at radius 2 is 2.09 bits per heavy atom. The summed E-state index contributed by atoms with van der Waals surface area (Å²) in [5, 5.41) is 11.4. The molecule has 1 aliphatic rings. The zero-order chi connectivity index (χ0) is 15.2. The van der Waals surface area contributed by atoms with Crippen LogP contribution in [0.3, 0.4) is 0 Å². The number of nitrogens with one attached hydrogen (secondary N) is 1. The van der Waals surface area contributed by atoms with E-state index in [-0.39, 0.29) is 0 Å². The molecule has 2 aromatic rings. The highest BCUT2D eigenvalue weighted by Crippen LogP contribution is 2.22. The lowest BCUT2D eigenvalue weighted by molar-refractivity contribution is 0.374. The largest absolute Gasteiger partial charge is 0.360 e. The van der Waals surface area contributed by atoms with E-state index in [4.69, 9.17) is 0 Å². The van der Waals surface area contributed by atoms with Crippen molar-refractivity contribution < 1.29 is 0 Å². The zero-order valence-electron chi connectivity index (χ0n) is 12.9. The predicted molar refractivity (Wildman–Crippen MR) is 97.5 cm³/mol. The summed E-state index contributed by atoms with van der Waals surface area (Å²) in [6.45, 7) is 5.11. The topological polar surface area (TPSA) is 30.9 Å². The zero-order valence-corrected chi connectivity index (χ0v) is 14.5. The monoisotopic (exact) mass is 334 g/mol. The lowest BCUT2D eigenvalue weighted by Gasteiger charge is -2.37. The van der Waals surface area contributed by atoms with Crippen molar-refractivity contribution in [2.75, 3.05) is 44.7 Å². The van der Waals surface area contributed by atoms with Crippen LogP contribution < -0.4 is 10.2 Å². The van der Waals surface area contributed by atoms with E-state index in [0.29, 0.717) is 0 Å². The maximum Gasteiger partial charge on any atom is 0.193 e. The maximum absolute atomic E-state index is 4.44. The molecule has 0 spiro atoms. The molecule has 0 amide bonds. The summed E-state index contributed by atoms with van der Waals surface area (Å²) in [5.74, 6) is 1.03. The van der Waals surface area contributed by atoms with E-state index in [0.717, 1.165) is 45.1 Å². The van der Waals surface area contributed by atoms with Gasteiger partial charge in [-0.15, -0.1) is 11.3 Å². The molecule has 4 nitrogen and oxygen atoms in total. The van der Waals surface area contributed by atoms with E-state index in [2.05, 4.69) is 54.4 Å². The summed E-state index contributed by atoms with van der Waals surface area (Å²) >= 11 is 3.58. The van der Waals surface area contributed by atoms with Crippen LogP contribution in [0.2, 0.25) is 0 Å². The Bertz CT molecular complexity index is 569. The average Bonchev–Trinajstić information content (AvgIpc) is 3.25. The molecule has 0 radical (unpaired) electrons. The van der Waals surface area contributed by atoms with Gasteiger partial charge < -0.3 is 15.1 Å². The van der Waals surface area contributed by atoms with Crippen molar-refractivity contribution >= 4 is 33.6 Å². The van der Waals surface area contributed by atoms with Gasteiger partial charge in [0, 0.05) is 39.8 Å². The Morgan fingerprint density at radius 1 is 1.23 bits per heavy atom. The van der Waals surface area contributed by atoms with Gasteiger partial charge in [0.1, 0.15) is 0 Å². The minimum atomic E-state index is 0.939. The fraction of sp³-hybridized carbons (Fsp3) is 0.438. The van der Waals surface area contributed by atoms with E-state index < -0.39 is 0 Å². The quantitative estimate of drug-likeness (QED) is 0.689. The number of guanidine groups is 1. The first-order valence-electron chi connectivity index (χ1n) is 7.62. The van der Waals surface area contributed by atoms with Gasteiger partial charge in [-0.25, -0.2) is 0 Å². The molecule has 0 saturated carbocycles. The SMILES string of the molecule is CN=C(NCCc1ccsc1)N1CCN(c2cccs2)CC1. The number of aliphatic imine (C=N–C) groups is 1. The summed E-state index contributed by atoms with van der Waals surface area (Å²) < 4.78 is 0. The van der Waals surface area contributed by atoms with Crippen LogP contribution in [0.5, 0.6) is 0 Å². The number of nitrogens with zero attached hydrogens (tertiary/aromatic N) is 3. The molecule has 22 heavy (non-hydrogen) atoms. The third kappa shape index (κ3) is 3.81. The molecule has 0 aliphatic carbocycles. The van der Waals surface area contributed by atoms with Gasteiger partial charge in [0.25, 0.3) is 0 Å². The van der Waals surface area contributed by atoms with Gasteiger partial charge in [-0.3, -0.25) is 4.99 Å². The van der Waals surface area contributed by atoms with E-state index >= 15 is 0 Å². The van der Waals surface area contributed by atoms with Crippen molar-refractivity contribution in [2.45, 2.75) is 6.42 Å². The van der Waals surface area contributed by atoms with Crippen molar-refractivity contribution in [3.05, 3.63) is 39.9 Å². The fourth-order valence-corrected chi connectivity index (χ4v) is 4.16. The lowest BCUT2D eigenvalue weighted by Crippen LogP contribution is -2.52. The molecule has 1 saturated heterocycles. The summed E-state index contributed by atoms with van der Waals surface area (Å²) in [6, 6.07) is 6.51. The van der Waals surface area contributed by atoms with Gasteiger partial charge in [-0.2, -0.15) is 11.3 Å². The molecule has 0 aromatic carbocycles. The Kier molecular flexibility index (Phi) is 5.34. The smallest absolute Gasteiger partial charge is 0.193 e. The van der Waals surface area contributed by atoms with Crippen LogP contribution in [-0.2, 0) is 6.42 Å². The Hall–Kier alpha value is -1.53. The standard InChI is InChI=1S/C16H22N4S2/c1-17-16(18-6-4-14-5-12-21-13-14)20-9-7-19(8-10-20)15-3-2-11-22-15/h2-3,5,11-13H,4,6-10H2,1H3,(H,17,18). The molecule has 0 atom stereocenters. The Morgan fingerprint density at radius 3 is 2.73 bits per heavy atom. The Labute approximate surface area is 140 Å². The van der Waals surface area contributed by atoms with Crippen molar-refractivity contribution in [3.8, 4) is 0 Å². The summed E-state index contributed by atoms with van der Waals surface area (Å²) in [4.78, 5) is 9.25. The predicted octanol–water partition coefficient (Wildman–Crippen LogP) is 2.75. The van der Waals surface area contributed by atoms with E-state index in [1.54, 1.807) is 11.3 Å². The molecule has 1 aliphatic heterocycles. The molecule has 6 heteroatoms. The third-order valence-corrected chi connectivity index (χ3v) is 5.55. The fourth-order valence-electron chi connectivity index (χ4n) is 2.67. The van der Waals surface area contributed by atoms with Crippen LogP contribution in [0.25, 0.3) is 0 Å². The molecular formula is C16H22N4S2. The Balaban J connectivity index is 1.46. The number of rotatable bonds is 4. The highest BCUT2D eigenvalue weighted by atomic mass is 32.1. The summed E-state index contributed by atoms with van der Waals surface area (Å²) in [5.41, 5.74) is 1.40. The maximum atomic E-state index is 4.44. The number of anilines is 1. The third-order valence-electron chi connectivity index (χ3n) is 3.89. The second-order valence-corrected chi connectivity index (χ2v) is 6.99. The molecule has 1 fully saturated rings. The van der Waals surface area contributed by atoms with Crippen molar-refractivity contribution in [1.82, 2.24) is 10.2 Å². The number of hydrogen-bond acceptors (Lipinski definition) is 4. The minimum absolute atomic E-state index is 0.939. The second-order valence-electron chi connectivity index (χ2n) is 5.28. The van der Waals surface area contributed by atoms with Crippen LogP contribution in [-0.4, -0.2) is 50.6 Å². The van der Waals surface area contributed by atoms with Crippen molar-refractivity contribution in [3.63, 3.8) is 0 Å². The number of piperazine rings is 1. The number of hydrogen-bond donors (Lipinski definition) is 1. The molecule has 0 bridgehead atoms. The lowest BCUT2D eigenvalue weighted by atomic mass is 10.2. The van der Waals surface area contributed by atoms with Crippen LogP contribution in [0.15, 0.2) is 39.3 Å². The normalized spacial score (nSPS) is 16.1. The van der Waals surface area contributed by atoms with E-state index in [1.165, 1.54) is 10.6 Å². The highest BCUT2D eigenvalue weighted by Gasteiger charge is 2.19. The van der Waals surface area contributed by atoms with Crippen LogP contribution in [0.4, 0.5) is 5.00 Å². The first-order valence-corrected chi connectivity index (χ1v) is 9.44. The van der Waals surface area contributed by atoms with Crippen molar-refractivity contribution in [1.29, 1.82) is 0 Å². The van der Waals surface area contributed by atoms with Gasteiger partial charge in [-0.1, -0.05) is 0 Å². The van der Waals surface area contributed by atoms with E-state index in [9.17, 15) is 0 Å². The highest BCUT2D eigenvalue weighted by molar-refractivity contribution is 7.14. The summed E-state index contributed by atoms with van der Waals surface area (Å²) in [7, 11) is 1.87. The molecule has 3 heterocycles. The molecule has 1 N–H and O–H groups in total. The second kappa shape index (κ2) is 7.65. The van der Waals surface area contributed by atoms with Crippen LogP contribution in [0, 0.1) is 0 Å². The van der Waals surface area contributed by atoms with Gasteiger partial charge >= 0.3 is 0 Å². The first-order chi connectivity index (χ1) is 10.9. The molecular weight excluding hydrogens is 312 g/mol. The van der Waals surface area contributed by atoms with Gasteiger partial charge in [0.15, 0.2) is 5.96 Å². The van der Waals surface area contributed by atoms with Crippen LogP contribution in [0.1, 0.15) is 5.56 Å². The average molecular weight is 335 g/mol. The molecule has 2 aromatic heterocycles. The van der Waals surface area contributed by atoms with Gasteiger partial charge in [0.2, 0.25) is 0 Å². The molecule has 0 unspecified atom stereocenters. The minimum Gasteiger partial charge on any atom is -0.360 e. The molecule has 118 valence electrons. The van der Waals surface area contributed by atoms with E-state index in [1.807, 2.05) is 18.4 Å². The van der Waals surface area contributed by atoms with Gasteiger partial charge in [0.05, 0.1) is 5.00 Å². The summed E-state index contributed by atoms with van der Waals surface area (Å²) in [6.07, 6.45) is 1.05. The van der Waals surface area contributed by atoms with Gasteiger partial charge in [-0.05, 0) is 46.3 Å². The van der Waals surface area contributed by atoms with Crippen molar-refractivity contribution in [2.24, 2.45) is 4.99 Å². The first kappa shape index (κ1) is 15.4. The van der Waals surface area contributed by atoms with Crippen LogP contribution >= 0.6 is 22.7 Å².